The lowest BCUT2D eigenvalue weighted by atomic mass is 10.1. The van der Waals surface area contributed by atoms with Gasteiger partial charge in [-0.2, -0.15) is 5.26 Å². The second kappa shape index (κ2) is 10.6. The van der Waals surface area contributed by atoms with Crippen LogP contribution in [0, 0.1) is 17.1 Å². The van der Waals surface area contributed by atoms with E-state index in [1.165, 1.54) is 37.5 Å². The van der Waals surface area contributed by atoms with E-state index in [2.05, 4.69) is 0 Å². The van der Waals surface area contributed by atoms with Crippen molar-refractivity contribution < 1.29 is 28.2 Å². The summed E-state index contributed by atoms with van der Waals surface area (Å²) < 4.78 is 28.6. The first kappa shape index (κ1) is 21.6. The summed E-state index contributed by atoms with van der Waals surface area (Å²) in [5.74, 6) is -1.47. The fraction of sp³-hybridized carbons (Fsp3) is 0.227. The highest BCUT2D eigenvalue weighted by Crippen LogP contribution is 2.29. The maximum Gasteiger partial charge on any atom is 0.348 e. The van der Waals surface area contributed by atoms with Crippen LogP contribution in [-0.2, 0) is 9.53 Å². The Balaban J connectivity index is 2.18. The fourth-order valence-corrected chi connectivity index (χ4v) is 2.29. The predicted molar refractivity (Wildman–Crippen MR) is 104 cm³/mol. The molecule has 29 heavy (non-hydrogen) atoms. The highest BCUT2D eigenvalue weighted by atomic mass is 19.1. The van der Waals surface area contributed by atoms with Crippen molar-refractivity contribution in [3.8, 4) is 17.6 Å². The van der Waals surface area contributed by atoms with E-state index < -0.39 is 17.8 Å². The minimum absolute atomic E-state index is 0.142. The van der Waals surface area contributed by atoms with Gasteiger partial charge in [0, 0.05) is 0 Å². The van der Waals surface area contributed by atoms with Gasteiger partial charge in [0.1, 0.15) is 17.5 Å². The van der Waals surface area contributed by atoms with Crippen LogP contribution in [0.25, 0.3) is 6.08 Å². The molecule has 150 valence electrons. The molecule has 0 fully saturated rings. The summed E-state index contributed by atoms with van der Waals surface area (Å²) in [5.41, 5.74) is 0.519. The Morgan fingerprint density at radius 2 is 1.86 bits per heavy atom. The Hall–Kier alpha value is -3.66. The number of hydrogen-bond donors (Lipinski definition) is 0. The molecule has 0 N–H and O–H groups in total. The van der Waals surface area contributed by atoms with Gasteiger partial charge in [-0.15, -0.1) is 0 Å². The molecule has 2 aromatic carbocycles. The van der Waals surface area contributed by atoms with Gasteiger partial charge in [-0.1, -0.05) is 19.4 Å². The monoisotopic (exact) mass is 397 g/mol. The first-order chi connectivity index (χ1) is 14.0. The molecule has 2 aromatic rings. The van der Waals surface area contributed by atoms with Gasteiger partial charge in [-0.3, -0.25) is 0 Å². The maximum absolute atomic E-state index is 13.0. The molecule has 0 amide bonds. The SMILES string of the molecule is CCCCOC(=O)/C(C#N)=C/c1ccc(OC(=O)c2ccc(F)cc2)c(OC)c1. The topological polar surface area (TPSA) is 85.6 Å². The minimum atomic E-state index is -0.702. The number of benzene rings is 2. The highest BCUT2D eigenvalue weighted by Gasteiger charge is 2.15. The Bertz CT molecular complexity index is 945. The first-order valence-corrected chi connectivity index (χ1v) is 8.93. The molecule has 0 aliphatic heterocycles. The summed E-state index contributed by atoms with van der Waals surface area (Å²) >= 11 is 0. The van der Waals surface area contributed by atoms with E-state index in [0.717, 1.165) is 18.6 Å². The van der Waals surface area contributed by atoms with Gasteiger partial charge in [0.25, 0.3) is 0 Å². The van der Waals surface area contributed by atoms with Crippen LogP contribution in [0.3, 0.4) is 0 Å². The molecule has 0 bridgehead atoms. The number of rotatable bonds is 8. The number of ether oxygens (including phenoxy) is 3. The molecule has 0 atom stereocenters. The number of unbranched alkanes of at least 4 members (excludes halogenated alkanes) is 1. The summed E-state index contributed by atoms with van der Waals surface area (Å²) in [6.07, 6.45) is 2.95. The maximum atomic E-state index is 13.0. The number of carbonyl (C=O) groups is 2. The predicted octanol–water partition coefficient (Wildman–Crippen LogP) is 4.30. The molecule has 0 radical (unpaired) electrons. The second-order valence-corrected chi connectivity index (χ2v) is 5.97. The van der Waals surface area contributed by atoms with Crippen LogP contribution in [-0.4, -0.2) is 25.7 Å². The van der Waals surface area contributed by atoms with E-state index in [9.17, 15) is 19.2 Å². The van der Waals surface area contributed by atoms with Gasteiger partial charge in [0.2, 0.25) is 0 Å². The van der Waals surface area contributed by atoms with Crippen molar-refractivity contribution in [3.63, 3.8) is 0 Å². The molecule has 0 aliphatic carbocycles. The zero-order valence-corrected chi connectivity index (χ0v) is 16.1. The number of hydrogen-bond acceptors (Lipinski definition) is 6. The Morgan fingerprint density at radius 3 is 2.48 bits per heavy atom. The number of nitriles is 1. The summed E-state index contributed by atoms with van der Waals surface area (Å²) in [6, 6.07) is 11.3. The molecule has 7 heteroatoms. The van der Waals surface area contributed by atoms with Gasteiger partial charge < -0.3 is 14.2 Å². The molecule has 0 aliphatic rings. The van der Waals surface area contributed by atoms with E-state index in [1.54, 1.807) is 6.07 Å². The van der Waals surface area contributed by atoms with E-state index in [4.69, 9.17) is 14.2 Å². The molecule has 2 rings (SSSR count). The van der Waals surface area contributed by atoms with Gasteiger partial charge in [-0.05, 0) is 54.5 Å². The van der Waals surface area contributed by atoms with Crippen molar-refractivity contribution in [2.24, 2.45) is 0 Å². The molecule has 0 saturated heterocycles. The smallest absolute Gasteiger partial charge is 0.348 e. The van der Waals surface area contributed by atoms with Gasteiger partial charge >= 0.3 is 11.9 Å². The first-order valence-electron chi connectivity index (χ1n) is 8.93. The molecular weight excluding hydrogens is 377 g/mol. The average Bonchev–Trinajstić information content (AvgIpc) is 2.73. The fourth-order valence-electron chi connectivity index (χ4n) is 2.29. The minimum Gasteiger partial charge on any atom is -0.493 e. The third kappa shape index (κ3) is 6.18. The van der Waals surface area contributed by atoms with Crippen molar-refractivity contribution in [1.82, 2.24) is 0 Å². The standard InChI is InChI=1S/C22H20FNO5/c1-3-4-11-28-21(25)17(14-24)12-15-5-10-19(20(13-15)27-2)29-22(26)16-6-8-18(23)9-7-16/h5-10,12-13H,3-4,11H2,1-2H3/b17-12+. The molecule has 6 nitrogen and oxygen atoms in total. The Labute approximate surface area is 168 Å². The van der Waals surface area contributed by atoms with Crippen LogP contribution in [0.2, 0.25) is 0 Å². The van der Waals surface area contributed by atoms with E-state index in [1.807, 2.05) is 13.0 Å². The molecule has 0 heterocycles. The van der Waals surface area contributed by atoms with Crippen molar-refractivity contribution >= 4 is 18.0 Å². The van der Waals surface area contributed by atoms with Gasteiger partial charge in [-0.25, -0.2) is 14.0 Å². The molecule has 0 unspecified atom stereocenters. The zero-order chi connectivity index (χ0) is 21.2. The quantitative estimate of drug-likeness (QED) is 0.217. The van der Waals surface area contributed by atoms with Crippen molar-refractivity contribution in [2.45, 2.75) is 19.8 Å². The van der Waals surface area contributed by atoms with Crippen LogP contribution in [0.4, 0.5) is 4.39 Å². The van der Waals surface area contributed by atoms with Crippen LogP contribution in [0.5, 0.6) is 11.5 Å². The number of methoxy groups -OCH3 is 1. The number of esters is 2. The van der Waals surface area contributed by atoms with Crippen LogP contribution in [0.15, 0.2) is 48.0 Å². The van der Waals surface area contributed by atoms with E-state index in [-0.39, 0.29) is 29.2 Å². The normalized spacial score (nSPS) is 10.8. The number of carbonyl (C=O) groups excluding carboxylic acids is 2. The van der Waals surface area contributed by atoms with Crippen molar-refractivity contribution in [1.29, 1.82) is 5.26 Å². The highest BCUT2D eigenvalue weighted by molar-refractivity contribution is 5.98. The summed E-state index contributed by atoms with van der Waals surface area (Å²) in [6.45, 7) is 2.21. The number of nitrogens with zero attached hydrogens (tertiary/aromatic N) is 1. The third-order valence-corrected chi connectivity index (χ3v) is 3.85. The van der Waals surface area contributed by atoms with Crippen molar-refractivity contribution in [3.05, 3.63) is 65.0 Å². The van der Waals surface area contributed by atoms with E-state index >= 15 is 0 Å². The number of halogens is 1. The lowest BCUT2D eigenvalue weighted by Crippen LogP contribution is -2.09. The summed E-state index contributed by atoms with van der Waals surface area (Å²) in [7, 11) is 1.39. The molecular formula is C22H20FNO5. The average molecular weight is 397 g/mol. The van der Waals surface area contributed by atoms with E-state index in [0.29, 0.717) is 12.0 Å². The summed E-state index contributed by atoms with van der Waals surface area (Å²) in [4.78, 5) is 24.2. The lowest BCUT2D eigenvalue weighted by molar-refractivity contribution is -0.138. The third-order valence-electron chi connectivity index (χ3n) is 3.85. The Morgan fingerprint density at radius 1 is 1.14 bits per heavy atom. The molecule has 0 aromatic heterocycles. The largest absolute Gasteiger partial charge is 0.493 e. The zero-order valence-electron chi connectivity index (χ0n) is 16.1. The molecule has 0 spiro atoms. The van der Waals surface area contributed by atoms with Crippen LogP contribution < -0.4 is 9.47 Å². The second-order valence-electron chi connectivity index (χ2n) is 5.97. The Kier molecular flexibility index (Phi) is 7.92. The van der Waals surface area contributed by atoms with Crippen LogP contribution >= 0.6 is 0 Å². The van der Waals surface area contributed by atoms with Crippen molar-refractivity contribution in [2.75, 3.05) is 13.7 Å². The van der Waals surface area contributed by atoms with Gasteiger partial charge in [0.05, 0.1) is 19.3 Å². The molecule has 0 saturated carbocycles. The van der Waals surface area contributed by atoms with Crippen LogP contribution in [0.1, 0.15) is 35.7 Å². The lowest BCUT2D eigenvalue weighted by Gasteiger charge is -2.10. The summed E-state index contributed by atoms with van der Waals surface area (Å²) in [5, 5.41) is 9.21. The van der Waals surface area contributed by atoms with Gasteiger partial charge in [0.15, 0.2) is 11.5 Å².